The molecule has 7 rings (SSSR count). The van der Waals surface area contributed by atoms with Crippen LogP contribution in [0.1, 0.15) is 0 Å². The van der Waals surface area contributed by atoms with Crippen molar-refractivity contribution in [1.29, 1.82) is 0 Å². The lowest BCUT2D eigenvalue weighted by Gasteiger charge is -2.08. The van der Waals surface area contributed by atoms with Crippen molar-refractivity contribution in [2.24, 2.45) is 0 Å². The van der Waals surface area contributed by atoms with E-state index in [1.807, 2.05) is 36.4 Å². The second kappa shape index (κ2) is 6.78. The molecule has 7 aromatic rings. The van der Waals surface area contributed by atoms with Crippen molar-refractivity contribution in [1.82, 2.24) is 14.1 Å². The molecule has 156 valence electrons. The van der Waals surface area contributed by atoms with E-state index in [1.54, 1.807) is 12.1 Å². The molecule has 4 aromatic carbocycles. The molecule has 0 unspecified atom stereocenters. The van der Waals surface area contributed by atoms with E-state index in [4.69, 9.17) is 4.98 Å². The Bertz CT molecular complexity index is 1830. The van der Waals surface area contributed by atoms with Crippen LogP contribution < -0.4 is 0 Å². The van der Waals surface area contributed by atoms with Gasteiger partial charge in [-0.3, -0.25) is 4.57 Å². The molecule has 0 N–H and O–H groups in total. The number of benzene rings is 4. The van der Waals surface area contributed by atoms with E-state index in [-0.39, 0.29) is 5.82 Å². The first-order valence-electron chi connectivity index (χ1n) is 10.9. The highest BCUT2D eigenvalue weighted by atomic mass is 19.1. The maximum Gasteiger partial charge on any atom is 0.146 e. The molecule has 0 aliphatic rings. The number of pyridine rings is 1. The predicted molar refractivity (Wildman–Crippen MR) is 133 cm³/mol. The van der Waals surface area contributed by atoms with Gasteiger partial charge in [-0.2, -0.15) is 0 Å². The molecule has 0 radical (unpaired) electrons. The summed E-state index contributed by atoms with van der Waals surface area (Å²) >= 11 is 0. The minimum Gasteiger partial charge on any atom is -0.307 e. The van der Waals surface area contributed by atoms with Crippen molar-refractivity contribution in [3.05, 3.63) is 115 Å². The lowest BCUT2D eigenvalue weighted by Crippen LogP contribution is -1.96. The van der Waals surface area contributed by atoms with Gasteiger partial charge in [0.1, 0.15) is 11.5 Å². The molecule has 3 aromatic heterocycles. The van der Waals surface area contributed by atoms with Crippen LogP contribution in [0.5, 0.6) is 0 Å². The lowest BCUT2D eigenvalue weighted by atomic mass is 10.2. The molecule has 0 amide bonds. The molecular weight excluding hydrogens is 409 g/mol. The van der Waals surface area contributed by atoms with Crippen LogP contribution in [-0.2, 0) is 0 Å². The maximum atomic E-state index is 14.2. The number of aromatic nitrogens is 3. The molecular formula is C29H18FN3. The largest absolute Gasteiger partial charge is 0.307 e. The number of nitrogens with zero attached hydrogens (tertiary/aromatic N) is 3. The summed E-state index contributed by atoms with van der Waals surface area (Å²) in [7, 11) is 0. The van der Waals surface area contributed by atoms with E-state index in [2.05, 4.69) is 63.7 Å². The van der Waals surface area contributed by atoms with E-state index in [9.17, 15) is 4.39 Å². The maximum absolute atomic E-state index is 14.2. The van der Waals surface area contributed by atoms with Crippen LogP contribution in [-0.4, -0.2) is 14.1 Å². The third kappa shape index (κ3) is 2.58. The summed E-state index contributed by atoms with van der Waals surface area (Å²) in [6, 6.07) is 35.8. The van der Waals surface area contributed by atoms with Crippen LogP contribution in [0.3, 0.4) is 0 Å². The zero-order valence-corrected chi connectivity index (χ0v) is 17.6. The summed E-state index contributed by atoms with van der Waals surface area (Å²) in [6.07, 6.45) is 0. The molecule has 0 saturated heterocycles. The number of fused-ring (bicyclic) bond motifs is 6. The highest BCUT2D eigenvalue weighted by molar-refractivity contribution is 6.15. The molecule has 0 aliphatic carbocycles. The zero-order chi connectivity index (χ0) is 21.9. The van der Waals surface area contributed by atoms with Gasteiger partial charge in [0.2, 0.25) is 0 Å². The van der Waals surface area contributed by atoms with Gasteiger partial charge in [0.05, 0.1) is 22.1 Å². The van der Waals surface area contributed by atoms with Crippen molar-refractivity contribution in [2.45, 2.75) is 0 Å². The minimum atomic E-state index is -0.256. The fraction of sp³-hybridized carbons (Fsp3) is 0. The fourth-order valence-electron chi connectivity index (χ4n) is 4.97. The first-order valence-corrected chi connectivity index (χ1v) is 10.9. The summed E-state index contributed by atoms with van der Waals surface area (Å²) in [5.74, 6) is -0.256. The Labute approximate surface area is 188 Å². The van der Waals surface area contributed by atoms with E-state index in [0.29, 0.717) is 0 Å². The van der Waals surface area contributed by atoms with Gasteiger partial charge in [0.15, 0.2) is 0 Å². The Balaban J connectivity index is 1.69. The van der Waals surface area contributed by atoms with Crippen molar-refractivity contribution in [2.75, 3.05) is 0 Å². The van der Waals surface area contributed by atoms with Crippen LogP contribution in [0, 0.1) is 5.82 Å². The van der Waals surface area contributed by atoms with E-state index in [1.165, 1.54) is 6.07 Å². The number of rotatable bonds is 2. The summed E-state index contributed by atoms with van der Waals surface area (Å²) in [5, 5.41) is 3.26. The molecule has 0 aliphatic heterocycles. The van der Waals surface area contributed by atoms with Gasteiger partial charge in [0, 0.05) is 27.5 Å². The highest BCUT2D eigenvalue weighted by Gasteiger charge is 2.19. The smallest absolute Gasteiger partial charge is 0.146 e. The Kier molecular flexibility index (Phi) is 3.73. The molecule has 0 atom stereocenters. The highest BCUT2D eigenvalue weighted by Crippen LogP contribution is 2.37. The summed E-state index contributed by atoms with van der Waals surface area (Å²) < 4.78 is 18.5. The number of hydrogen-bond donors (Lipinski definition) is 0. The van der Waals surface area contributed by atoms with Gasteiger partial charge >= 0.3 is 0 Å². The second-order valence-electron chi connectivity index (χ2n) is 8.25. The summed E-state index contributed by atoms with van der Waals surface area (Å²) in [6.45, 7) is 0. The van der Waals surface area contributed by atoms with Crippen LogP contribution in [0.15, 0.2) is 109 Å². The van der Waals surface area contributed by atoms with Crippen molar-refractivity contribution >= 4 is 43.9 Å². The molecule has 0 fully saturated rings. The normalized spacial score (nSPS) is 11.8. The topological polar surface area (TPSA) is 22.8 Å². The summed E-state index contributed by atoms with van der Waals surface area (Å²) in [4.78, 5) is 5.24. The molecule has 0 bridgehead atoms. The van der Waals surface area contributed by atoms with Gasteiger partial charge in [-0.15, -0.1) is 0 Å². The second-order valence-corrected chi connectivity index (χ2v) is 8.25. The van der Waals surface area contributed by atoms with Crippen molar-refractivity contribution in [3.63, 3.8) is 0 Å². The van der Waals surface area contributed by atoms with Crippen molar-refractivity contribution < 1.29 is 4.39 Å². The number of halogens is 1. The van der Waals surface area contributed by atoms with E-state index in [0.717, 1.165) is 55.2 Å². The van der Waals surface area contributed by atoms with Gasteiger partial charge < -0.3 is 4.57 Å². The third-order valence-corrected chi connectivity index (χ3v) is 6.35. The molecule has 0 spiro atoms. The van der Waals surface area contributed by atoms with Gasteiger partial charge in [-0.25, -0.2) is 9.37 Å². The van der Waals surface area contributed by atoms with Gasteiger partial charge in [-0.1, -0.05) is 60.7 Å². The molecule has 3 nitrogen and oxygen atoms in total. The SMILES string of the molecule is Fc1cccc(-n2c3ccccc3c3nc4c(cc32)c2ccccc2n4-c2ccccc2)c1. The van der Waals surface area contributed by atoms with E-state index >= 15 is 0 Å². The van der Waals surface area contributed by atoms with Crippen molar-refractivity contribution in [3.8, 4) is 11.4 Å². The van der Waals surface area contributed by atoms with Crippen LogP contribution >= 0.6 is 0 Å². The average Bonchev–Trinajstić information content (AvgIpc) is 3.35. The third-order valence-electron chi connectivity index (χ3n) is 6.35. The first-order chi connectivity index (χ1) is 16.3. The monoisotopic (exact) mass is 427 g/mol. The lowest BCUT2D eigenvalue weighted by molar-refractivity contribution is 0.627. The number of hydrogen-bond acceptors (Lipinski definition) is 1. The summed E-state index contributed by atoms with van der Waals surface area (Å²) in [5.41, 5.74) is 6.76. The Morgan fingerprint density at radius 3 is 1.97 bits per heavy atom. The Morgan fingerprint density at radius 2 is 1.18 bits per heavy atom. The van der Waals surface area contributed by atoms with Crippen LogP contribution in [0.2, 0.25) is 0 Å². The molecule has 3 heterocycles. The van der Waals surface area contributed by atoms with Crippen LogP contribution in [0.4, 0.5) is 4.39 Å². The standard InChI is InChI=1S/C29H18FN3/c30-19-9-8-12-21(17-19)32-26-16-7-5-14-23(26)28-27(32)18-24-22-13-4-6-15-25(22)33(29(24)31-28)20-10-2-1-3-11-20/h1-18H. The first kappa shape index (κ1) is 18.2. The Morgan fingerprint density at radius 1 is 0.515 bits per heavy atom. The Hall–Kier alpha value is -4.44. The molecule has 4 heteroatoms. The number of para-hydroxylation sites is 3. The quantitative estimate of drug-likeness (QED) is 0.282. The molecule has 33 heavy (non-hydrogen) atoms. The molecule has 0 saturated carbocycles. The fourth-order valence-corrected chi connectivity index (χ4v) is 4.97. The zero-order valence-electron chi connectivity index (χ0n) is 17.6. The minimum absolute atomic E-state index is 0.256. The van der Waals surface area contributed by atoms with Crippen LogP contribution in [0.25, 0.3) is 55.2 Å². The van der Waals surface area contributed by atoms with E-state index < -0.39 is 0 Å². The van der Waals surface area contributed by atoms with Gasteiger partial charge in [-0.05, 0) is 48.5 Å². The predicted octanol–water partition coefficient (Wildman–Crippen LogP) is 7.41. The average molecular weight is 427 g/mol. The van der Waals surface area contributed by atoms with Gasteiger partial charge in [0.25, 0.3) is 0 Å².